The highest BCUT2D eigenvalue weighted by atomic mass is 35.5. The van der Waals surface area contributed by atoms with Crippen molar-refractivity contribution in [3.63, 3.8) is 0 Å². The molecule has 0 aliphatic heterocycles. The minimum Gasteiger partial charge on any atom is -0.491 e. The predicted molar refractivity (Wildman–Crippen MR) is 102 cm³/mol. The highest BCUT2D eigenvalue weighted by molar-refractivity contribution is 6.30. The van der Waals surface area contributed by atoms with Crippen molar-refractivity contribution in [2.24, 2.45) is 0 Å². The lowest BCUT2D eigenvalue weighted by Gasteiger charge is -2.10. The molecule has 0 fully saturated rings. The Hall–Kier alpha value is -2.73. The summed E-state index contributed by atoms with van der Waals surface area (Å²) in [4.78, 5) is 23.7. The highest BCUT2D eigenvalue weighted by Crippen LogP contribution is 2.15. The Morgan fingerprint density at radius 3 is 2.22 bits per heavy atom. The first kappa shape index (κ1) is 20.6. The lowest BCUT2D eigenvalue weighted by molar-refractivity contribution is -0.143. The molecular weight excluding hydrogens is 370 g/mol. The van der Waals surface area contributed by atoms with Crippen LogP contribution in [-0.2, 0) is 9.53 Å². The Morgan fingerprint density at radius 1 is 0.963 bits per heavy atom. The third-order valence-electron chi connectivity index (χ3n) is 3.31. The van der Waals surface area contributed by atoms with Crippen LogP contribution in [0.15, 0.2) is 48.5 Å². The Labute approximate surface area is 163 Å². The van der Waals surface area contributed by atoms with Crippen LogP contribution in [0.1, 0.15) is 24.2 Å². The third-order valence-corrected chi connectivity index (χ3v) is 3.56. The average Bonchev–Trinajstić information content (AvgIpc) is 2.65. The largest absolute Gasteiger partial charge is 0.491 e. The minimum atomic E-state index is -0.539. The molecule has 0 atom stereocenters. The molecule has 0 unspecified atom stereocenters. The van der Waals surface area contributed by atoms with E-state index in [1.54, 1.807) is 48.5 Å². The van der Waals surface area contributed by atoms with Gasteiger partial charge in [-0.2, -0.15) is 0 Å². The third kappa shape index (κ3) is 7.58. The zero-order valence-electron chi connectivity index (χ0n) is 15.2. The molecule has 144 valence electrons. The fraction of sp³-hybridized carbons (Fsp3) is 0.300. The van der Waals surface area contributed by atoms with Crippen LogP contribution in [0.5, 0.6) is 11.5 Å². The van der Waals surface area contributed by atoms with Crippen molar-refractivity contribution in [1.29, 1.82) is 0 Å². The maximum Gasteiger partial charge on any atom is 0.325 e. The summed E-state index contributed by atoms with van der Waals surface area (Å²) in [5, 5.41) is 3.13. The average molecular weight is 392 g/mol. The van der Waals surface area contributed by atoms with E-state index < -0.39 is 5.97 Å². The van der Waals surface area contributed by atoms with E-state index in [1.807, 2.05) is 13.8 Å². The van der Waals surface area contributed by atoms with Crippen molar-refractivity contribution in [3.05, 3.63) is 59.1 Å². The van der Waals surface area contributed by atoms with E-state index in [-0.39, 0.29) is 31.8 Å². The Morgan fingerprint density at radius 2 is 1.59 bits per heavy atom. The number of nitrogens with one attached hydrogen (secondary N) is 1. The molecule has 1 amide bonds. The van der Waals surface area contributed by atoms with Gasteiger partial charge in [-0.05, 0) is 62.4 Å². The maximum absolute atomic E-state index is 12.0. The predicted octanol–water partition coefficient (Wildman–Crippen LogP) is 3.48. The second-order valence-corrected chi connectivity index (χ2v) is 6.33. The summed E-state index contributed by atoms with van der Waals surface area (Å²) >= 11 is 5.78. The first-order valence-corrected chi connectivity index (χ1v) is 8.91. The SMILES string of the molecule is CC(C)Oc1ccc(C(=O)NCC(=O)OCCOc2ccc(Cl)cc2)cc1. The molecule has 0 spiro atoms. The highest BCUT2D eigenvalue weighted by Gasteiger charge is 2.09. The molecule has 2 aromatic rings. The van der Waals surface area contributed by atoms with Gasteiger partial charge in [0.15, 0.2) is 0 Å². The van der Waals surface area contributed by atoms with Gasteiger partial charge in [-0.25, -0.2) is 0 Å². The molecule has 2 aromatic carbocycles. The minimum absolute atomic E-state index is 0.0584. The van der Waals surface area contributed by atoms with Crippen LogP contribution in [0.2, 0.25) is 5.02 Å². The summed E-state index contributed by atoms with van der Waals surface area (Å²) in [7, 11) is 0. The van der Waals surface area contributed by atoms with Crippen molar-refractivity contribution in [2.75, 3.05) is 19.8 Å². The monoisotopic (exact) mass is 391 g/mol. The van der Waals surface area contributed by atoms with E-state index in [2.05, 4.69) is 5.32 Å². The standard InChI is InChI=1S/C20H22ClNO5/c1-14(2)27-18-7-3-15(4-8-18)20(24)22-13-19(23)26-12-11-25-17-9-5-16(21)6-10-17/h3-10,14H,11-13H2,1-2H3,(H,22,24). The molecule has 1 N–H and O–H groups in total. The van der Waals surface area contributed by atoms with Crippen LogP contribution in [0.4, 0.5) is 0 Å². The summed E-state index contributed by atoms with van der Waals surface area (Å²) in [5.74, 6) is 0.415. The summed E-state index contributed by atoms with van der Waals surface area (Å²) < 4.78 is 15.9. The Bertz CT molecular complexity index is 744. The van der Waals surface area contributed by atoms with E-state index >= 15 is 0 Å². The molecule has 7 heteroatoms. The van der Waals surface area contributed by atoms with Crippen molar-refractivity contribution < 1.29 is 23.8 Å². The first-order chi connectivity index (χ1) is 12.9. The van der Waals surface area contributed by atoms with Gasteiger partial charge in [0, 0.05) is 10.6 Å². The van der Waals surface area contributed by atoms with Crippen LogP contribution >= 0.6 is 11.6 Å². The van der Waals surface area contributed by atoms with Gasteiger partial charge in [-0.1, -0.05) is 11.6 Å². The first-order valence-electron chi connectivity index (χ1n) is 8.53. The number of hydrogen-bond acceptors (Lipinski definition) is 5. The van der Waals surface area contributed by atoms with Gasteiger partial charge < -0.3 is 19.5 Å². The zero-order chi connectivity index (χ0) is 19.6. The smallest absolute Gasteiger partial charge is 0.325 e. The molecule has 0 bridgehead atoms. The van der Waals surface area contributed by atoms with Crippen LogP contribution in [0, 0.1) is 0 Å². The normalized spacial score (nSPS) is 10.4. The number of rotatable bonds is 9. The van der Waals surface area contributed by atoms with Crippen LogP contribution < -0.4 is 14.8 Å². The fourth-order valence-corrected chi connectivity index (χ4v) is 2.23. The number of carbonyl (C=O) groups excluding carboxylic acids is 2. The van der Waals surface area contributed by atoms with Crippen molar-refractivity contribution >= 4 is 23.5 Å². The second kappa shape index (κ2) is 10.4. The number of amides is 1. The number of hydrogen-bond donors (Lipinski definition) is 1. The summed E-state index contributed by atoms with van der Waals surface area (Å²) in [6.45, 7) is 3.92. The van der Waals surface area contributed by atoms with E-state index in [0.717, 1.165) is 0 Å². The number of ether oxygens (including phenoxy) is 3. The van der Waals surface area contributed by atoms with Gasteiger partial charge in [0.05, 0.1) is 6.10 Å². The van der Waals surface area contributed by atoms with Gasteiger partial charge in [0.1, 0.15) is 31.3 Å². The number of halogens is 1. The van der Waals surface area contributed by atoms with Gasteiger partial charge in [0.2, 0.25) is 0 Å². The lowest BCUT2D eigenvalue weighted by atomic mass is 10.2. The quantitative estimate of drug-likeness (QED) is 0.523. The van der Waals surface area contributed by atoms with Crippen LogP contribution in [-0.4, -0.2) is 37.7 Å². The van der Waals surface area contributed by atoms with Crippen molar-refractivity contribution in [2.45, 2.75) is 20.0 Å². The van der Waals surface area contributed by atoms with Crippen LogP contribution in [0.25, 0.3) is 0 Å². The number of carbonyl (C=O) groups is 2. The van der Waals surface area contributed by atoms with Crippen LogP contribution in [0.3, 0.4) is 0 Å². The molecule has 0 aliphatic rings. The van der Waals surface area contributed by atoms with E-state index in [1.165, 1.54) is 0 Å². The Kier molecular flexibility index (Phi) is 7.95. The van der Waals surface area contributed by atoms with E-state index in [0.29, 0.717) is 22.1 Å². The summed E-state index contributed by atoms with van der Waals surface area (Å²) in [6.07, 6.45) is 0.0584. The lowest BCUT2D eigenvalue weighted by Crippen LogP contribution is -2.31. The number of esters is 1. The molecule has 0 radical (unpaired) electrons. The van der Waals surface area contributed by atoms with Gasteiger partial charge in [-0.3, -0.25) is 9.59 Å². The summed E-state index contributed by atoms with van der Waals surface area (Å²) in [6, 6.07) is 13.6. The van der Waals surface area contributed by atoms with E-state index in [4.69, 9.17) is 25.8 Å². The zero-order valence-corrected chi connectivity index (χ0v) is 16.0. The maximum atomic E-state index is 12.0. The van der Waals surface area contributed by atoms with E-state index in [9.17, 15) is 9.59 Å². The molecule has 0 saturated heterocycles. The van der Waals surface area contributed by atoms with Crippen molar-refractivity contribution in [3.8, 4) is 11.5 Å². The topological polar surface area (TPSA) is 73.9 Å². The molecule has 6 nitrogen and oxygen atoms in total. The molecule has 0 aliphatic carbocycles. The summed E-state index contributed by atoms with van der Waals surface area (Å²) in [5.41, 5.74) is 0.435. The van der Waals surface area contributed by atoms with Gasteiger partial charge in [0.25, 0.3) is 5.91 Å². The molecule has 0 aromatic heterocycles. The van der Waals surface area contributed by atoms with Crippen molar-refractivity contribution in [1.82, 2.24) is 5.32 Å². The molecule has 2 rings (SSSR count). The second-order valence-electron chi connectivity index (χ2n) is 5.90. The van der Waals surface area contributed by atoms with Gasteiger partial charge >= 0.3 is 5.97 Å². The molecule has 0 heterocycles. The Balaban J connectivity index is 1.65. The fourth-order valence-electron chi connectivity index (χ4n) is 2.11. The number of benzene rings is 2. The molecular formula is C20H22ClNO5. The molecule has 0 saturated carbocycles. The molecule has 27 heavy (non-hydrogen) atoms. The van der Waals surface area contributed by atoms with Gasteiger partial charge in [-0.15, -0.1) is 0 Å².